The highest BCUT2D eigenvalue weighted by Crippen LogP contribution is 2.28. The zero-order valence-corrected chi connectivity index (χ0v) is 14.1. The molecule has 1 aromatic carbocycles. The molecule has 22 heavy (non-hydrogen) atoms. The third kappa shape index (κ3) is 3.09. The van der Waals surface area contributed by atoms with Crippen LogP contribution in [-0.4, -0.2) is 45.2 Å². The molecule has 1 heterocycles. The fourth-order valence-electron chi connectivity index (χ4n) is 1.90. The highest BCUT2D eigenvalue weighted by atomic mass is 35.5. The van der Waals surface area contributed by atoms with Crippen LogP contribution in [0.25, 0.3) is 5.69 Å². The molecule has 0 radical (unpaired) electrons. The number of likely N-dealkylation sites (N-methyl/N-ethyl adjacent to an activating group) is 1. The molecule has 0 fully saturated rings. The van der Waals surface area contributed by atoms with Crippen molar-refractivity contribution < 1.29 is 4.79 Å². The molecule has 118 valence electrons. The number of aromatic nitrogens is 3. The second-order valence-electron chi connectivity index (χ2n) is 4.97. The monoisotopic (exact) mass is 341 g/mol. The molecule has 0 saturated carbocycles. The molecule has 1 atom stereocenters. The van der Waals surface area contributed by atoms with Gasteiger partial charge in [0, 0.05) is 19.6 Å². The highest BCUT2D eigenvalue weighted by Gasteiger charge is 2.23. The Morgan fingerprint density at radius 1 is 1.41 bits per heavy atom. The Bertz CT molecular complexity index is 680. The molecule has 0 bridgehead atoms. The quantitative estimate of drug-likeness (QED) is 0.925. The number of hydrogen-bond donors (Lipinski definition) is 1. The molecule has 0 aliphatic rings. The van der Waals surface area contributed by atoms with Gasteiger partial charge in [-0.1, -0.05) is 29.3 Å². The summed E-state index contributed by atoms with van der Waals surface area (Å²) in [5, 5.41) is 5.11. The van der Waals surface area contributed by atoms with Gasteiger partial charge in [0.2, 0.25) is 5.82 Å². The van der Waals surface area contributed by atoms with E-state index < -0.39 is 0 Å². The largest absolute Gasteiger partial charge is 0.335 e. The number of carbonyl (C=O) groups excluding carboxylic acids is 1. The van der Waals surface area contributed by atoms with E-state index in [9.17, 15) is 4.79 Å². The first-order valence-electron chi connectivity index (χ1n) is 6.72. The summed E-state index contributed by atoms with van der Waals surface area (Å²) in [6, 6.07) is 5.04. The van der Waals surface area contributed by atoms with Gasteiger partial charge in [-0.05, 0) is 26.0 Å². The van der Waals surface area contributed by atoms with E-state index >= 15 is 0 Å². The molecule has 0 saturated heterocycles. The Labute approximate surface area is 138 Å². The van der Waals surface area contributed by atoms with Gasteiger partial charge in [-0.2, -0.15) is 0 Å². The number of nitrogens with two attached hydrogens (primary N) is 1. The van der Waals surface area contributed by atoms with Crippen molar-refractivity contribution >= 4 is 29.1 Å². The number of para-hydroxylation sites is 1. The zero-order valence-electron chi connectivity index (χ0n) is 12.5. The fraction of sp³-hybridized carbons (Fsp3) is 0.357. The van der Waals surface area contributed by atoms with Crippen LogP contribution in [-0.2, 0) is 0 Å². The molecule has 6 nitrogen and oxygen atoms in total. The Balaban J connectivity index is 2.43. The van der Waals surface area contributed by atoms with Crippen LogP contribution in [0, 0.1) is 6.92 Å². The first-order valence-corrected chi connectivity index (χ1v) is 7.47. The predicted octanol–water partition coefficient (Wildman–Crippen LogP) is 2.30. The lowest BCUT2D eigenvalue weighted by molar-refractivity contribution is 0.0736. The van der Waals surface area contributed by atoms with Crippen molar-refractivity contribution in [2.75, 3.05) is 13.6 Å². The third-order valence-electron chi connectivity index (χ3n) is 3.43. The molecule has 2 rings (SSSR count). The van der Waals surface area contributed by atoms with Gasteiger partial charge >= 0.3 is 0 Å². The maximum absolute atomic E-state index is 12.4. The second-order valence-corrected chi connectivity index (χ2v) is 5.78. The second kappa shape index (κ2) is 6.64. The highest BCUT2D eigenvalue weighted by molar-refractivity contribution is 6.37. The fourth-order valence-corrected chi connectivity index (χ4v) is 2.46. The van der Waals surface area contributed by atoms with Crippen LogP contribution in [0.15, 0.2) is 18.2 Å². The molecule has 2 aromatic rings. The standard InChI is InChI=1S/C14H17Cl2N5O/c1-8(7-17)20(3)14(22)13-18-9(2)21(19-13)12-10(15)5-4-6-11(12)16/h4-6,8H,7,17H2,1-3H3. The molecule has 0 spiro atoms. The van der Waals surface area contributed by atoms with Crippen LogP contribution in [0.4, 0.5) is 0 Å². The van der Waals surface area contributed by atoms with Gasteiger partial charge in [0.15, 0.2) is 0 Å². The number of benzene rings is 1. The first kappa shape index (κ1) is 16.7. The van der Waals surface area contributed by atoms with Crippen molar-refractivity contribution in [3.8, 4) is 5.69 Å². The van der Waals surface area contributed by atoms with Crippen molar-refractivity contribution in [2.45, 2.75) is 19.9 Å². The molecule has 2 N–H and O–H groups in total. The van der Waals surface area contributed by atoms with Gasteiger partial charge in [-0.15, -0.1) is 5.10 Å². The average molecular weight is 342 g/mol. The molecular weight excluding hydrogens is 325 g/mol. The summed E-state index contributed by atoms with van der Waals surface area (Å²) in [4.78, 5) is 18.1. The van der Waals surface area contributed by atoms with Gasteiger partial charge in [0.05, 0.1) is 10.0 Å². The molecule has 8 heteroatoms. The maximum Gasteiger partial charge on any atom is 0.293 e. The lowest BCUT2D eigenvalue weighted by Crippen LogP contribution is -2.40. The number of amides is 1. The Hall–Kier alpha value is -1.63. The van der Waals surface area contributed by atoms with E-state index in [0.29, 0.717) is 28.1 Å². The number of halogens is 2. The summed E-state index contributed by atoms with van der Waals surface area (Å²) in [6.45, 7) is 3.95. The lowest BCUT2D eigenvalue weighted by atomic mass is 10.3. The Morgan fingerprint density at radius 2 is 2.00 bits per heavy atom. The normalized spacial score (nSPS) is 12.3. The molecule has 0 aliphatic heterocycles. The van der Waals surface area contributed by atoms with E-state index in [1.165, 1.54) is 9.58 Å². The van der Waals surface area contributed by atoms with Crippen molar-refractivity contribution in [3.05, 3.63) is 39.9 Å². The number of aryl methyl sites for hydroxylation is 1. The Morgan fingerprint density at radius 3 is 2.55 bits per heavy atom. The summed E-state index contributed by atoms with van der Waals surface area (Å²) in [6.07, 6.45) is 0. The number of carbonyl (C=O) groups is 1. The van der Waals surface area contributed by atoms with Gasteiger partial charge < -0.3 is 10.6 Å². The predicted molar refractivity (Wildman–Crippen MR) is 86.7 cm³/mol. The SMILES string of the molecule is Cc1nc(C(=O)N(C)C(C)CN)nn1-c1c(Cl)cccc1Cl. The molecular formula is C14H17Cl2N5O. The molecule has 1 unspecified atom stereocenters. The Kier molecular flexibility index (Phi) is 5.05. The topological polar surface area (TPSA) is 77.0 Å². The lowest BCUT2D eigenvalue weighted by Gasteiger charge is -2.21. The van der Waals surface area contributed by atoms with Gasteiger partial charge in [0.1, 0.15) is 11.5 Å². The van der Waals surface area contributed by atoms with E-state index in [1.54, 1.807) is 32.2 Å². The number of rotatable bonds is 4. The third-order valence-corrected chi connectivity index (χ3v) is 4.04. The minimum Gasteiger partial charge on any atom is -0.335 e. The average Bonchev–Trinajstić information content (AvgIpc) is 2.86. The molecule has 1 amide bonds. The minimum absolute atomic E-state index is 0.0799. The summed E-state index contributed by atoms with van der Waals surface area (Å²) in [5.74, 6) is 0.298. The van der Waals surface area contributed by atoms with Crippen molar-refractivity contribution in [3.63, 3.8) is 0 Å². The molecule has 0 aliphatic carbocycles. The summed E-state index contributed by atoms with van der Waals surface area (Å²) in [5.41, 5.74) is 6.08. The van der Waals surface area contributed by atoms with Crippen molar-refractivity contribution in [1.82, 2.24) is 19.7 Å². The van der Waals surface area contributed by atoms with Crippen LogP contribution in [0.3, 0.4) is 0 Å². The minimum atomic E-state index is -0.303. The summed E-state index contributed by atoms with van der Waals surface area (Å²) >= 11 is 12.4. The van der Waals surface area contributed by atoms with Crippen LogP contribution in [0.1, 0.15) is 23.4 Å². The van der Waals surface area contributed by atoms with Crippen molar-refractivity contribution in [2.24, 2.45) is 5.73 Å². The van der Waals surface area contributed by atoms with E-state index in [0.717, 1.165) is 0 Å². The van der Waals surface area contributed by atoms with Gasteiger partial charge in [-0.3, -0.25) is 4.79 Å². The smallest absolute Gasteiger partial charge is 0.293 e. The van der Waals surface area contributed by atoms with Crippen LogP contribution in [0.5, 0.6) is 0 Å². The van der Waals surface area contributed by atoms with Crippen LogP contribution >= 0.6 is 23.2 Å². The first-order chi connectivity index (χ1) is 10.4. The van der Waals surface area contributed by atoms with Crippen LogP contribution in [0.2, 0.25) is 10.0 Å². The number of nitrogens with zero attached hydrogens (tertiary/aromatic N) is 4. The zero-order chi connectivity index (χ0) is 16.4. The van der Waals surface area contributed by atoms with E-state index in [4.69, 9.17) is 28.9 Å². The van der Waals surface area contributed by atoms with E-state index in [2.05, 4.69) is 10.1 Å². The summed E-state index contributed by atoms with van der Waals surface area (Å²) < 4.78 is 1.47. The molecule has 1 aromatic heterocycles. The van der Waals surface area contributed by atoms with Crippen LogP contribution < -0.4 is 5.73 Å². The van der Waals surface area contributed by atoms with Gasteiger partial charge in [0.25, 0.3) is 5.91 Å². The summed E-state index contributed by atoms with van der Waals surface area (Å²) in [7, 11) is 1.67. The van der Waals surface area contributed by atoms with Gasteiger partial charge in [-0.25, -0.2) is 9.67 Å². The number of hydrogen-bond acceptors (Lipinski definition) is 4. The van der Waals surface area contributed by atoms with E-state index in [1.807, 2.05) is 6.92 Å². The van der Waals surface area contributed by atoms with E-state index in [-0.39, 0.29) is 17.8 Å². The maximum atomic E-state index is 12.4. The van der Waals surface area contributed by atoms with Crippen molar-refractivity contribution in [1.29, 1.82) is 0 Å².